The molecule has 0 bridgehead atoms. The van der Waals surface area contributed by atoms with Gasteiger partial charge in [-0.1, -0.05) is 11.2 Å². The van der Waals surface area contributed by atoms with E-state index in [1.165, 1.54) is 11.3 Å². The van der Waals surface area contributed by atoms with Gasteiger partial charge < -0.3 is 9.84 Å². The summed E-state index contributed by atoms with van der Waals surface area (Å²) in [5.41, 5.74) is 0.374. The minimum atomic E-state index is -0.259. The average Bonchev–Trinajstić information content (AvgIpc) is 3.29. The van der Waals surface area contributed by atoms with Gasteiger partial charge in [0, 0.05) is 22.7 Å². The Morgan fingerprint density at radius 3 is 3.09 bits per heavy atom. The summed E-state index contributed by atoms with van der Waals surface area (Å²) >= 11 is 3.12. The van der Waals surface area contributed by atoms with Crippen molar-refractivity contribution in [1.82, 2.24) is 24.8 Å². The number of carbonyl (C=O) groups is 1. The number of imidazole rings is 1. The summed E-state index contributed by atoms with van der Waals surface area (Å²) in [7, 11) is 0. The summed E-state index contributed by atoms with van der Waals surface area (Å²) in [4.78, 5) is 22.5. The van der Waals surface area contributed by atoms with Gasteiger partial charge in [0.05, 0.1) is 13.0 Å². The van der Waals surface area contributed by atoms with Crippen molar-refractivity contribution in [3.8, 4) is 0 Å². The first-order chi connectivity index (χ1) is 11.3. The molecule has 0 aliphatic carbocycles. The predicted molar refractivity (Wildman–Crippen MR) is 85.7 cm³/mol. The number of hydrogen-bond donors (Lipinski definition) is 1. The minimum absolute atomic E-state index is 0.206. The number of thiazole rings is 1. The first kappa shape index (κ1) is 14.1. The third-order valence-electron chi connectivity index (χ3n) is 3.15. The van der Waals surface area contributed by atoms with Crippen molar-refractivity contribution in [2.45, 2.75) is 13.0 Å². The summed E-state index contributed by atoms with van der Waals surface area (Å²) in [5.74, 6) is 0.732. The van der Waals surface area contributed by atoms with Gasteiger partial charge in [-0.3, -0.25) is 9.20 Å². The number of amides is 1. The molecule has 0 aliphatic heterocycles. The molecule has 0 atom stereocenters. The summed E-state index contributed by atoms with van der Waals surface area (Å²) in [6.45, 7) is 0.206. The van der Waals surface area contributed by atoms with Gasteiger partial charge in [-0.05, 0) is 11.4 Å². The van der Waals surface area contributed by atoms with Crippen molar-refractivity contribution >= 4 is 33.5 Å². The highest BCUT2D eigenvalue weighted by molar-refractivity contribution is 7.15. The molecule has 4 heterocycles. The van der Waals surface area contributed by atoms with Crippen LogP contribution in [0, 0.1) is 0 Å². The van der Waals surface area contributed by atoms with Crippen LogP contribution in [-0.4, -0.2) is 25.4 Å². The van der Waals surface area contributed by atoms with Crippen LogP contribution in [0.1, 0.15) is 27.1 Å². The largest absolute Gasteiger partial charge is 0.343 e. The van der Waals surface area contributed by atoms with Crippen LogP contribution in [0.15, 0.2) is 39.8 Å². The maximum atomic E-state index is 12.1. The van der Waals surface area contributed by atoms with Gasteiger partial charge in [0.2, 0.25) is 5.89 Å². The lowest BCUT2D eigenvalue weighted by atomic mass is 10.3. The molecule has 0 spiro atoms. The number of nitrogens with zero attached hydrogens (tertiary/aromatic N) is 4. The molecule has 0 aliphatic rings. The summed E-state index contributed by atoms with van der Waals surface area (Å²) in [6.07, 6.45) is 4.16. The Bertz CT molecular complexity index is 909. The van der Waals surface area contributed by atoms with E-state index in [0.29, 0.717) is 23.8 Å². The van der Waals surface area contributed by atoms with Gasteiger partial charge in [-0.2, -0.15) is 4.98 Å². The van der Waals surface area contributed by atoms with Crippen LogP contribution >= 0.6 is 22.7 Å². The highest BCUT2D eigenvalue weighted by Gasteiger charge is 2.13. The molecular weight excluding hydrogens is 334 g/mol. The zero-order valence-corrected chi connectivity index (χ0v) is 13.4. The molecule has 23 heavy (non-hydrogen) atoms. The zero-order chi connectivity index (χ0) is 15.6. The Hall–Kier alpha value is -2.52. The SMILES string of the molecule is O=C(NCc1noc(Cc2cccs2)n1)c1cn2ccsc2n1. The number of hydrogen-bond acceptors (Lipinski definition) is 7. The van der Waals surface area contributed by atoms with Crippen molar-refractivity contribution in [2.75, 3.05) is 0 Å². The third-order valence-corrected chi connectivity index (χ3v) is 4.80. The lowest BCUT2D eigenvalue weighted by molar-refractivity contribution is 0.0945. The van der Waals surface area contributed by atoms with E-state index in [9.17, 15) is 4.79 Å². The monoisotopic (exact) mass is 345 g/mol. The van der Waals surface area contributed by atoms with Gasteiger partial charge in [-0.15, -0.1) is 22.7 Å². The molecule has 0 unspecified atom stereocenters. The standard InChI is InChI=1S/C14H11N5O2S2/c20-13(10-8-19-3-5-23-14(19)16-10)15-7-11-17-12(21-18-11)6-9-2-1-4-22-9/h1-5,8H,6-7H2,(H,15,20). The molecule has 0 saturated carbocycles. The smallest absolute Gasteiger partial charge is 0.271 e. The fourth-order valence-electron chi connectivity index (χ4n) is 2.08. The zero-order valence-electron chi connectivity index (χ0n) is 11.8. The normalized spacial score (nSPS) is 11.1. The van der Waals surface area contributed by atoms with E-state index < -0.39 is 0 Å². The Morgan fingerprint density at radius 2 is 2.26 bits per heavy atom. The van der Waals surface area contributed by atoms with E-state index in [4.69, 9.17) is 4.52 Å². The van der Waals surface area contributed by atoms with Crippen molar-refractivity contribution in [3.05, 3.63) is 57.6 Å². The van der Waals surface area contributed by atoms with Crippen LogP contribution in [0.4, 0.5) is 0 Å². The molecule has 4 rings (SSSR count). The van der Waals surface area contributed by atoms with Crippen molar-refractivity contribution in [3.63, 3.8) is 0 Å². The summed E-state index contributed by atoms with van der Waals surface area (Å²) < 4.78 is 7.00. The number of aromatic nitrogens is 4. The molecular formula is C14H11N5O2S2. The Morgan fingerprint density at radius 1 is 1.30 bits per heavy atom. The van der Waals surface area contributed by atoms with E-state index >= 15 is 0 Å². The average molecular weight is 345 g/mol. The molecule has 1 amide bonds. The van der Waals surface area contributed by atoms with Crippen LogP contribution in [0.3, 0.4) is 0 Å². The number of carbonyl (C=O) groups excluding carboxylic acids is 1. The van der Waals surface area contributed by atoms with Gasteiger partial charge in [0.15, 0.2) is 10.8 Å². The van der Waals surface area contributed by atoms with Crippen LogP contribution in [0.25, 0.3) is 4.96 Å². The maximum Gasteiger partial charge on any atom is 0.271 e. The van der Waals surface area contributed by atoms with Gasteiger partial charge in [-0.25, -0.2) is 4.98 Å². The lowest BCUT2D eigenvalue weighted by Gasteiger charge is -1.97. The molecule has 4 aromatic heterocycles. The molecule has 1 N–H and O–H groups in total. The second-order valence-electron chi connectivity index (χ2n) is 4.76. The van der Waals surface area contributed by atoms with Crippen molar-refractivity contribution in [1.29, 1.82) is 0 Å². The molecule has 0 saturated heterocycles. The van der Waals surface area contributed by atoms with E-state index in [1.807, 2.05) is 33.5 Å². The highest BCUT2D eigenvalue weighted by Crippen LogP contribution is 2.14. The first-order valence-corrected chi connectivity index (χ1v) is 8.58. The molecule has 0 fully saturated rings. The van der Waals surface area contributed by atoms with Crippen molar-refractivity contribution < 1.29 is 9.32 Å². The number of thiophene rings is 1. The van der Waals surface area contributed by atoms with Crippen LogP contribution < -0.4 is 5.32 Å². The topological polar surface area (TPSA) is 85.3 Å². The Labute approximate surface area is 138 Å². The van der Waals surface area contributed by atoms with Crippen molar-refractivity contribution in [2.24, 2.45) is 0 Å². The fourth-order valence-corrected chi connectivity index (χ4v) is 3.48. The maximum absolute atomic E-state index is 12.1. The van der Waals surface area contributed by atoms with E-state index in [2.05, 4.69) is 20.4 Å². The second kappa shape index (κ2) is 5.94. The van der Waals surface area contributed by atoms with Crippen LogP contribution in [-0.2, 0) is 13.0 Å². The fraction of sp³-hybridized carbons (Fsp3) is 0.143. The number of fused-ring (bicyclic) bond motifs is 1. The van der Waals surface area contributed by atoms with E-state index in [1.54, 1.807) is 17.5 Å². The molecule has 9 heteroatoms. The van der Waals surface area contributed by atoms with Crippen LogP contribution in [0.5, 0.6) is 0 Å². The minimum Gasteiger partial charge on any atom is -0.343 e. The van der Waals surface area contributed by atoms with E-state index in [0.717, 1.165) is 9.84 Å². The van der Waals surface area contributed by atoms with Crippen LogP contribution in [0.2, 0.25) is 0 Å². The molecule has 4 aromatic rings. The van der Waals surface area contributed by atoms with Gasteiger partial charge in [0.1, 0.15) is 5.69 Å². The Balaban J connectivity index is 1.38. The molecule has 7 nitrogen and oxygen atoms in total. The molecule has 116 valence electrons. The summed E-state index contributed by atoms with van der Waals surface area (Å²) in [6, 6.07) is 3.99. The Kier molecular flexibility index (Phi) is 3.64. The lowest BCUT2D eigenvalue weighted by Crippen LogP contribution is -2.23. The predicted octanol–water partition coefficient (Wildman–Crippen LogP) is 2.36. The quantitative estimate of drug-likeness (QED) is 0.600. The third kappa shape index (κ3) is 3.01. The van der Waals surface area contributed by atoms with E-state index in [-0.39, 0.29) is 12.5 Å². The molecule has 0 aromatic carbocycles. The summed E-state index contributed by atoms with van der Waals surface area (Å²) in [5, 5.41) is 10.5. The van der Waals surface area contributed by atoms with Gasteiger partial charge >= 0.3 is 0 Å². The highest BCUT2D eigenvalue weighted by atomic mass is 32.1. The van der Waals surface area contributed by atoms with Gasteiger partial charge in [0.25, 0.3) is 5.91 Å². The number of nitrogens with one attached hydrogen (secondary N) is 1. The second-order valence-corrected chi connectivity index (χ2v) is 6.67. The number of rotatable bonds is 5. The first-order valence-electron chi connectivity index (χ1n) is 6.82. The molecule has 0 radical (unpaired) electrons.